The summed E-state index contributed by atoms with van der Waals surface area (Å²) >= 11 is 3.52. The van der Waals surface area contributed by atoms with Gasteiger partial charge in [-0.25, -0.2) is 0 Å². The maximum Gasteiger partial charge on any atom is 0.0697 e. The van der Waals surface area contributed by atoms with Crippen molar-refractivity contribution in [3.8, 4) is 0 Å². The Morgan fingerprint density at radius 2 is 2.29 bits per heavy atom. The van der Waals surface area contributed by atoms with Gasteiger partial charge in [-0.2, -0.15) is 5.10 Å². The Bertz CT molecular complexity index is 340. The molecule has 98 valence electrons. The van der Waals surface area contributed by atoms with E-state index in [0.29, 0.717) is 12.5 Å². The lowest BCUT2D eigenvalue weighted by atomic mass is 9.95. The highest BCUT2D eigenvalue weighted by molar-refractivity contribution is 9.10. The van der Waals surface area contributed by atoms with Crippen LogP contribution in [0, 0.1) is 5.92 Å². The largest absolute Gasteiger partial charge is 0.383 e. The molecule has 5 heteroatoms. The van der Waals surface area contributed by atoms with Crippen LogP contribution in [0.15, 0.2) is 10.7 Å². The third-order valence-electron chi connectivity index (χ3n) is 3.01. The van der Waals surface area contributed by atoms with Crippen molar-refractivity contribution in [1.82, 2.24) is 9.78 Å². The van der Waals surface area contributed by atoms with Gasteiger partial charge in [-0.05, 0) is 28.3 Å². The highest BCUT2D eigenvalue weighted by atomic mass is 79.9. The monoisotopic (exact) mass is 303 g/mol. The molecule has 0 fully saturated rings. The van der Waals surface area contributed by atoms with Crippen LogP contribution >= 0.6 is 15.9 Å². The minimum absolute atomic E-state index is 0.0173. The molecule has 0 saturated carbocycles. The van der Waals surface area contributed by atoms with Crippen LogP contribution < -0.4 is 5.73 Å². The number of nitrogens with two attached hydrogens (primary N) is 1. The van der Waals surface area contributed by atoms with E-state index in [4.69, 9.17) is 10.5 Å². The molecule has 4 nitrogen and oxygen atoms in total. The summed E-state index contributed by atoms with van der Waals surface area (Å²) in [5.74, 6) is 0.453. The Morgan fingerprint density at radius 3 is 2.88 bits per heavy atom. The molecule has 1 rings (SSSR count). The van der Waals surface area contributed by atoms with Gasteiger partial charge >= 0.3 is 0 Å². The van der Waals surface area contributed by atoms with E-state index in [9.17, 15) is 0 Å². The molecule has 2 atom stereocenters. The first-order chi connectivity index (χ1) is 8.11. The summed E-state index contributed by atoms with van der Waals surface area (Å²) in [7, 11) is 1.69. The smallest absolute Gasteiger partial charge is 0.0697 e. The molecule has 1 aromatic heterocycles. The third kappa shape index (κ3) is 3.79. The Kier molecular flexibility index (Phi) is 6.16. The van der Waals surface area contributed by atoms with Crippen molar-refractivity contribution in [2.75, 3.05) is 13.7 Å². The molecule has 0 spiro atoms. The average molecular weight is 304 g/mol. The molecule has 1 heterocycles. The summed E-state index contributed by atoms with van der Waals surface area (Å²) in [6, 6.07) is 0.0173. The van der Waals surface area contributed by atoms with Crippen molar-refractivity contribution in [3.63, 3.8) is 0 Å². The van der Waals surface area contributed by atoms with Crippen LogP contribution in [0.3, 0.4) is 0 Å². The van der Waals surface area contributed by atoms with E-state index in [-0.39, 0.29) is 6.04 Å². The lowest BCUT2D eigenvalue weighted by Crippen LogP contribution is -2.24. The summed E-state index contributed by atoms with van der Waals surface area (Å²) in [6.45, 7) is 5.76. The zero-order valence-corrected chi connectivity index (χ0v) is 12.4. The SMILES string of the molecule is CCCC(C)C(N)c1c(Br)cnn1CCOC. The van der Waals surface area contributed by atoms with E-state index in [1.165, 1.54) is 0 Å². The minimum Gasteiger partial charge on any atom is -0.383 e. The van der Waals surface area contributed by atoms with Crippen LogP contribution in [0.4, 0.5) is 0 Å². The Hall–Kier alpha value is -0.390. The van der Waals surface area contributed by atoms with E-state index >= 15 is 0 Å². The summed E-state index contributed by atoms with van der Waals surface area (Å²) in [6.07, 6.45) is 4.09. The second-order valence-electron chi connectivity index (χ2n) is 4.39. The Labute approximate surface area is 112 Å². The number of hydrogen-bond donors (Lipinski definition) is 1. The molecule has 17 heavy (non-hydrogen) atoms. The summed E-state index contributed by atoms with van der Waals surface area (Å²) in [5, 5.41) is 4.33. The molecule has 2 N–H and O–H groups in total. The molecule has 0 aliphatic heterocycles. The molecule has 0 aliphatic carbocycles. The number of rotatable bonds is 7. The quantitative estimate of drug-likeness (QED) is 0.842. The topological polar surface area (TPSA) is 53.1 Å². The maximum absolute atomic E-state index is 6.31. The van der Waals surface area contributed by atoms with Crippen LogP contribution in [0.1, 0.15) is 38.4 Å². The number of ether oxygens (including phenoxy) is 1. The first kappa shape index (κ1) is 14.7. The van der Waals surface area contributed by atoms with Crippen LogP contribution in [-0.4, -0.2) is 23.5 Å². The van der Waals surface area contributed by atoms with Crippen molar-refractivity contribution in [2.45, 2.75) is 39.3 Å². The van der Waals surface area contributed by atoms with E-state index < -0.39 is 0 Å². The van der Waals surface area contributed by atoms with Crippen LogP contribution in [0.25, 0.3) is 0 Å². The maximum atomic E-state index is 6.31. The Morgan fingerprint density at radius 1 is 1.59 bits per heavy atom. The molecule has 0 aromatic carbocycles. The number of nitrogens with zero attached hydrogens (tertiary/aromatic N) is 2. The van der Waals surface area contributed by atoms with Crippen LogP contribution in [0.2, 0.25) is 0 Å². The first-order valence-electron chi connectivity index (χ1n) is 6.07. The van der Waals surface area contributed by atoms with Gasteiger partial charge in [0.05, 0.1) is 35.6 Å². The predicted octanol–water partition coefficient (Wildman–Crippen LogP) is 2.73. The van der Waals surface area contributed by atoms with Gasteiger partial charge in [0, 0.05) is 7.11 Å². The molecular weight excluding hydrogens is 282 g/mol. The van der Waals surface area contributed by atoms with Gasteiger partial charge in [0.15, 0.2) is 0 Å². The molecule has 2 unspecified atom stereocenters. The van der Waals surface area contributed by atoms with Gasteiger partial charge in [0.1, 0.15) is 0 Å². The number of hydrogen-bond acceptors (Lipinski definition) is 3. The number of halogens is 1. The van der Waals surface area contributed by atoms with Crippen molar-refractivity contribution < 1.29 is 4.74 Å². The molecule has 0 bridgehead atoms. The van der Waals surface area contributed by atoms with Gasteiger partial charge in [-0.15, -0.1) is 0 Å². The molecule has 1 aromatic rings. The van der Waals surface area contributed by atoms with Gasteiger partial charge in [-0.1, -0.05) is 20.3 Å². The first-order valence-corrected chi connectivity index (χ1v) is 6.86. The second-order valence-corrected chi connectivity index (χ2v) is 5.24. The van der Waals surface area contributed by atoms with E-state index in [1.54, 1.807) is 7.11 Å². The highest BCUT2D eigenvalue weighted by Gasteiger charge is 2.21. The van der Waals surface area contributed by atoms with Gasteiger partial charge in [0.2, 0.25) is 0 Å². The summed E-state index contributed by atoms with van der Waals surface area (Å²) in [4.78, 5) is 0. The standard InChI is InChI=1S/C12H22BrN3O/c1-4-5-9(2)11(14)12-10(13)8-15-16(12)6-7-17-3/h8-9,11H,4-7,14H2,1-3H3. The molecule has 0 aliphatic rings. The molecule has 0 amide bonds. The van der Waals surface area contributed by atoms with Gasteiger partial charge in [-0.3, -0.25) is 4.68 Å². The van der Waals surface area contributed by atoms with E-state index in [2.05, 4.69) is 34.9 Å². The van der Waals surface area contributed by atoms with Crippen LogP contribution in [0.5, 0.6) is 0 Å². The fraction of sp³-hybridized carbons (Fsp3) is 0.750. The average Bonchev–Trinajstić information content (AvgIpc) is 2.67. The number of aromatic nitrogens is 2. The normalized spacial score (nSPS) is 14.9. The third-order valence-corrected chi connectivity index (χ3v) is 3.62. The van der Waals surface area contributed by atoms with E-state index in [0.717, 1.165) is 29.6 Å². The van der Waals surface area contributed by atoms with Crippen LogP contribution in [-0.2, 0) is 11.3 Å². The molecule has 0 radical (unpaired) electrons. The lowest BCUT2D eigenvalue weighted by molar-refractivity contribution is 0.181. The zero-order chi connectivity index (χ0) is 12.8. The zero-order valence-electron chi connectivity index (χ0n) is 10.8. The van der Waals surface area contributed by atoms with Crippen molar-refractivity contribution >= 4 is 15.9 Å². The van der Waals surface area contributed by atoms with Crippen molar-refractivity contribution in [2.24, 2.45) is 11.7 Å². The Balaban J connectivity index is 2.83. The van der Waals surface area contributed by atoms with E-state index in [1.807, 2.05) is 10.9 Å². The second kappa shape index (κ2) is 7.13. The highest BCUT2D eigenvalue weighted by Crippen LogP contribution is 2.28. The minimum atomic E-state index is 0.0173. The van der Waals surface area contributed by atoms with Gasteiger partial charge in [0.25, 0.3) is 0 Å². The van der Waals surface area contributed by atoms with Crippen molar-refractivity contribution in [3.05, 3.63) is 16.4 Å². The summed E-state index contributed by atoms with van der Waals surface area (Å²) < 4.78 is 8.01. The fourth-order valence-electron chi connectivity index (χ4n) is 1.96. The van der Waals surface area contributed by atoms with Gasteiger partial charge < -0.3 is 10.5 Å². The lowest BCUT2D eigenvalue weighted by Gasteiger charge is -2.21. The van der Waals surface area contributed by atoms with Crippen molar-refractivity contribution in [1.29, 1.82) is 0 Å². The fourth-order valence-corrected chi connectivity index (χ4v) is 2.52. The molecular formula is C12H22BrN3O. The molecule has 0 saturated heterocycles. The predicted molar refractivity (Wildman–Crippen MR) is 72.8 cm³/mol. The number of methoxy groups -OCH3 is 1. The summed E-state index contributed by atoms with van der Waals surface area (Å²) in [5.41, 5.74) is 7.38.